The summed E-state index contributed by atoms with van der Waals surface area (Å²) >= 11 is 0. The maximum absolute atomic E-state index is 12.1. The number of anilines is 2. The number of methoxy groups -OCH3 is 1. The fourth-order valence-electron chi connectivity index (χ4n) is 2.15. The van der Waals surface area contributed by atoms with Gasteiger partial charge in [-0.25, -0.2) is 0 Å². The third-order valence-corrected chi connectivity index (χ3v) is 3.40. The Labute approximate surface area is 123 Å². The Kier molecular flexibility index (Phi) is 4.64. The number of carbonyl (C=O) groups excluding carboxylic acids is 2. The van der Waals surface area contributed by atoms with Crippen LogP contribution in [0.15, 0.2) is 18.2 Å². The second-order valence-corrected chi connectivity index (χ2v) is 5.03. The van der Waals surface area contributed by atoms with Gasteiger partial charge < -0.3 is 20.7 Å². The summed E-state index contributed by atoms with van der Waals surface area (Å²) in [7, 11) is 3.28. The van der Waals surface area contributed by atoms with Crippen molar-refractivity contribution in [3.05, 3.63) is 18.2 Å². The van der Waals surface area contributed by atoms with Gasteiger partial charge in [0.05, 0.1) is 25.9 Å². The molecule has 1 fully saturated rings. The van der Waals surface area contributed by atoms with Crippen molar-refractivity contribution < 1.29 is 14.3 Å². The Balaban J connectivity index is 1.94. The zero-order valence-corrected chi connectivity index (χ0v) is 12.3. The van der Waals surface area contributed by atoms with Crippen molar-refractivity contribution in [2.24, 2.45) is 0 Å². The number of rotatable bonds is 4. The first-order valence-electron chi connectivity index (χ1n) is 6.69. The molecular weight excluding hydrogens is 272 g/mol. The molecule has 0 radical (unpaired) electrons. The van der Waals surface area contributed by atoms with Crippen LogP contribution in [0.25, 0.3) is 0 Å². The predicted octanol–water partition coefficient (Wildman–Crippen LogP) is -0.0101. The first-order chi connectivity index (χ1) is 9.99. The highest BCUT2D eigenvalue weighted by Crippen LogP contribution is 2.26. The largest absolute Gasteiger partial charge is 0.494 e. The van der Waals surface area contributed by atoms with Crippen LogP contribution >= 0.6 is 0 Å². The number of nitrogens with one attached hydrogen (secondary N) is 1. The topological polar surface area (TPSA) is 87.9 Å². The van der Waals surface area contributed by atoms with Crippen molar-refractivity contribution in [3.8, 4) is 5.75 Å². The number of hydrogen-bond donors (Lipinski definition) is 2. The van der Waals surface area contributed by atoms with Gasteiger partial charge in [0.25, 0.3) is 0 Å². The highest BCUT2D eigenvalue weighted by atomic mass is 16.5. The first-order valence-corrected chi connectivity index (χ1v) is 6.69. The summed E-state index contributed by atoms with van der Waals surface area (Å²) in [5.74, 6) is 0.354. The van der Waals surface area contributed by atoms with Crippen molar-refractivity contribution in [2.45, 2.75) is 0 Å². The fraction of sp³-hybridized carbons (Fsp3) is 0.429. The fourth-order valence-corrected chi connectivity index (χ4v) is 2.15. The molecule has 2 amide bonds. The average Bonchev–Trinajstić information content (AvgIpc) is 2.44. The van der Waals surface area contributed by atoms with Crippen LogP contribution in [-0.4, -0.2) is 62.0 Å². The number of piperazine rings is 1. The van der Waals surface area contributed by atoms with Gasteiger partial charge in [-0.05, 0) is 12.1 Å². The highest BCUT2D eigenvalue weighted by Gasteiger charge is 2.22. The van der Waals surface area contributed by atoms with Crippen molar-refractivity contribution in [1.82, 2.24) is 9.80 Å². The number of nitrogen functional groups attached to an aromatic ring is 1. The molecule has 2 rings (SSSR count). The van der Waals surface area contributed by atoms with E-state index in [1.165, 1.54) is 7.11 Å². The average molecular weight is 292 g/mol. The molecule has 7 heteroatoms. The molecule has 0 bridgehead atoms. The molecule has 1 aliphatic rings. The molecule has 0 aromatic heterocycles. The van der Waals surface area contributed by atoms with E-state index in [9.17, 15) is 9.59 Å². The van der Waals surface area contributed by atoms with E-state index in [0.717, 1.165) is 0 Å². The van der Waals surface area contributed by atoms with Gasteiger partial charge >= 0.3 is 0 Å². The Hall–Kier alpha value is -2.28. The van der Waals surface area contributed by atoms with Gasteiger partial charge in [0.2, 0.25) is 11.8 Å². The van der Waals surface area contributed by atoms with E-state index in [4.69, 9.17) is 10.5 Å². The van der Waals surface area contributed by atoms with Crippen LogP contribution in [0, 0.1) is 0 Å². The van der Waals surface area contributed by atoms with E-state index in [-0.39, 0.29) is 24.9 Å². The second kappa shape index (κ2) is 6.45. The molecule has 0 aliphatic carbocycles. The molecule has 114 valence electrons. The lowest BCUT2D eigenvalue weighted by Crippen LogP contribution is -2.50. The van der Waals surface area contributed by atoms with Crippen LogP contribution < -0.4 is 15.8 Å². The smallest absolute Gasteiger partial charge is 0.238 e. The first kappa shape index (κ1) is 15.1. The SMILES string of the molecule is COc1cc(N)ccc1NC(=O)CN1CCN(C)C(=O)C1. The van der Waals surface area contributed by atoms with E-state index in [0.29, 0.717) is 30.2 Å². The van der Waals surface area contributed by atoms with Crippen molar-refractivity contribution in [1.29, 1.82) is 0 Å². The highest BCUT2D eigenvalue weighted by molar-refractivity contribution is 5.94. The maximum atomic E-state index is 12.1. The number of hydrogen-bond acceptors (Lipinski definition) is 5. The van der Waals surface area contributed by atoms with E-state index >= 15 is 0 Å². The molecule has 3 N–H and O–H groups in total. The Morgan fingerprint density at radius 1 is 1.43 bits per heavy atom. The molecular formula is C14H20N4O3. The van der Waals surface area contributed by atoms with Gasteiger partial charge in [-0.15, -0.1) is 0 Å². The monoisotopic (exact) mass is 292 g/mol. The Morgan fingerprint density at radius 2 is 2.19 bits per heavy atom. The van der Waals surface area contributed by atoms with Gasteiger partial charge in [0.1, 0.15) is 5.75 Å². The third kappa shape index (κ3) is 3.85. The number of benzene rings is 1. The molecule has 1 heterocycles. The summed E-state index contributed by atoms with van der Waals surface area (Å²) in [6.45, 7) is 1.77. The maximum Gasteiger partial charge on any atom is 0.238 e. The Bertz CT molecular complexity index is 547. The van der Waals surface area contributed by atoms with Crippen LogP contribution in [-0.2, 0) is 9.59 Å². The zero-order chi connectivity index (χ0) is 15.4. The summed E-state index contributed by atoms with van der Waals surface area (Å²) in [5.41, 5.74) is 6.80. The quantitative estimate of drug-likeness (QED) is 0.762. The molecule has 0 spiro atoms. The number of amides is 2. The summed E-state index contributed by atoms with van der Waals surface area (Å²) in [6.07, 6.45) is 0. The molecule has 0 unspecified atom stereocenters. The number of ether oxygens (including phenoxy) is 1. The normalized spacial score (nSPS) is 15.9. The molecule has 21 heavy (non-hydrogen) atoms. The molecule has 1 aromatic rings. The van der Waals surface area contributed by atoms with E-state index in [2.05, 4.69) is 5.32 Å². The Morgan fingerprint density at radius 3 is 2.86 bits per heavy atom. The predicted molar refractivity (Wildman–Crippen MR) is 80.1 cm³/mol. The van der Waals surface area contributed by atoms with E-state index in [1.807, 2.05) is 4.90 Å². The lowest BCUT2D eigenvalue weighted by atomic mass is 10.2. The second-order valence-electron chi connectivity index (χ2n) is 5.03. The summed E-state index contributed by atoms with van der Waals surface area (Å²) in [5, 5.41) is 2.78. The van der Waals surface area contributed by atoms with E-state index in [1.54, 1.807) is 30.1 Å². The van der Waals surface area contributed by atoms with Crippen LogP contribution in [0.3, 0.4) is 0 Å². The van der Waals surface area contributed by atoms with E-state index < -0.39 is 0 Å². The molecule has 1 saturated heterocycles. The molecule has 1 aliphatic heterocycles. The molecule has 7 nitrogen and oxygen atoms in total. The van der Waals surface area contributed by atoms with Gasteiger partial charge in [-0.1, -0.05) is 0 Å². The van der Waals surface area contributed by atoms with Gasteiger partial charge in [-0.2, -0.15) is 0 Å². The minimum absolute atomic E-state index is 0.0270. The number of nitrogens with zero attached hydrogens (tertiary/aromatic N) is 2. The van der Waals surface area contributed by atoms with Gasteiger partial charge in [-0.3, -0.25) is 14.5 Å². The summed E-state index contributed by atoms with van der Waals surface area (Å²) < 4.78 is 5.18. The number of nitrogens with two attached hydrogens (primary N) is 1. The molecule has 0 saturated carbocycles. The van der Waals surface area contributed by atoms with Crippen LogP contribution in [0.2, 0.25) is 0 Å². The molecule has 1 aromatic carbocycles. The number of likely N-dealkylation sites (N-methyl/N-ethyl adjacent to an activating group) is 1. The van der Waals surface area contributed by atoms with Gasteiger partial charge in [0.15, 0.2) is 0 Å². The van der Waals surface area contributed by atoms with Gasteiger partial charge in [0, 0.05) is 31.9 Å². The van der Waals surface area contributed by atoms with Crippen molar-refractivity contribution in [2.75, 3.05) is 51.4 Å². The van der Waals surface area contributed by atoms with Crippen molar-refractivity contribution >= 4 is 23.2 Å². The zero-order valence-electron chi connectivity index (χ0n) is 12.3. The lowest BCUT2D eigenvalue weighted by molar-refractivity contribution is -0.135. The summed E-state index contributed by atoms with van der Waals surface area (Å²) in [4.78, 5) is 27.1. The third-order valence-electron chi connectivity index (χ3n) is 3.40. The van der Waals surface area contributed by atoms with Crippen LogP contribution in [0.1, 0.15) is 0 Å². The summed E-state index contributed by atoms with van der Waals surface area (Å²) in [6, 6.07) is 5.04. The molecule has 0 atom stereocenters. The minimum atomic E-state index is -0.185. The standard InChI is InChI=1S/C14H20N4O3/c1-17-5-6-18(9-14(17)20)8-13(19)16-11-4-3-10(15)7-12(11)21-2/h3-4,7H,5-6,8-9,15H2,1-2H3,(H,16,19). The minimum Gasteiger partial charge on any atom is -0.494 e. The van der Waals surface area contributed by atoms with Crippen LogP contribution in [0.5, 0.6) is 5.75 Å². The van der Waals surface area contributed by atoms with Crippen LogP contribution in [0.4, 0.5) is 11.4 Å². The lowest BCUT2D eigenvalue weighted by Gasteiger charge is -2.31. The number of carbonyl (C=O) groups is 2. The van der Waals surface area contributed by atoms with Crippen molar-refractivity contribution in [3.63, 3.8) is 0 Å².